The molecule has 2 aromatic heterocycles. The number of hydrogen-bond acceptors (Lipinski definition) is 6. The average Bonchev–Trinajstić information content (AvgIpc) is 3.23. The summed E-state index contributed by atoms with van der Waals surface area (Å²) >= 11 is 0. The zero-order valence-corrected chi connectivity index (χ0v) is 13.2. The molecule has 120 valence electrons. The van der Waals surface area contributed by atoms with E-state index in [4.69, 9.17) is 4.52 Å². The van der Waals surface area contributed by atoms with Gasteiger partial charge in [-0.15, -0.1) is 0 Å². The van der Waals surface area contributed by atoms with Gasteiger partial charge in [0.2, 0.25) is 0 Å². The molecule has 0 unspecified atom stereocenters. The zero-order chi connectivity index (χ0) is 16.3. The Kier molecular flexibility index (Phi) is 4.22. The van der Waals surface area contributed by atoms with Gasteiger partial charge >= 0.3 is 0 Å². The molecule has 0 bridgehead atoms. The monoisotopic (exact) mass is 333 g/mol. The van der Waals surface area contributed by atoms with Crippen molar-refractivity contribution in [2.24, 2.45) is 0 Å². The topological polar surface area (TPSA) is 103 Å². The summed E-state index contributed by atoms with van der Waals surface area (Å²) in [6.07, 6.45) is 1.52. The van der Waals surface area contributed by atoms with Crippen molar-refractivity contribution in [2.75, 3.05) is 0 Å². The van der Waals surface area contributed by atoms with Crippen molar-refractivity contribution in [1.29, 1.82) is 0 Å². The van der Waals surface area contributed by atoms with Crippen LogP contribution in [-0.4, -0.2) is 28.6 Å². The van der Waals surface area contributed by atoms with Crippen LogP contribution in [0.15, 0.2) is 52.2 Å². The van der Waals surface area contributed by atoms with E-state index in [9.17, 15) is 8.42 Å². The Morgan fingerprint density at radius 1 is 1.26 bits per heavy atom. The van der Waals surface area contributed by atoms with E-state index >= 15 is 0 Å². The molecule has 0 atom stereocenters. The van der Waals surface area contributed by atoms with Gasteiger partial charge in [-0.25, -0.2) is 13.1 Å². The Labute approximate surface area is 133 Å². The molecule has 2 heterocycles. The highest BCUT2D eigenvalue weighted by Crippen LogP contribution is 2.21. The Bertz CT molecular complexity index is 886. The fraction of sp³-hybridized carbons (Fsp3) is 0.214. The largest absolute Gasteiger partial charge is 0.343 e. The van der Waals surface area contributed by atoms with Crippen LogP contribution in [0.4, 0.5) is 0 Å². The minimum atomic E-state index is -3.80. The van der Waals surface area contributed by atoms with E-state index < -0.39 is 10.0 Å². The Hall–Kier alpha value is -2.52. The van der Waals surface area contributed by atoms with Gasteiger partial charge in [0.25, 0.3) is 15.1 Å². The van der Waals surface area contributed by atoms with E-state index in [0.717, 1.165) is 5.56 Å². The van der Waals surface area contributed by atoms with Crippen molar-refractivity contribution < 1.29 is 12.9 Å². The normalized spacial score (nSPS) is 11.7. The predicted octanol–water partition coefficient (Wildman–Crippen LogP) is 1.43. The highest BCUT2D eigenvalue weighted by atomic mass is 32.2. The first-order valence-electron chi connectivity index (χ1n) is 6.99. The van der Waals surface area contributed by atoms with E-state index in [1.807, 2.05) is 37.3 Å². The summed E-state index contributed by atoms with van der Waals surface area (Å²) in [6, 6.07) is 10.6. The van der Waals surface area contributed by atoms with Crippen LogP contribution >= 0.6 is 0 Å². The van der Waals surface area contributed by atoms with Crippen LogP contribution in [0.2, 0.25) is 0 Å². The Morgan fingerprint density at radius 3 is 2.74 bits per heavy atom. The maximum Gasteiger partial charge on any atom is 0.277 e. The van der Waals surface area contributed by atoms with E-state index in [2.05, 4.69) is 20.1 Å². The molecule has 0 amide bonds. The van der Waals surface area contributed by atoms with Crippen molar-refractivity contribution in [3.8, 4) is 11.3 Å². The predicted molar refractivity (Wildman–Crippen MR) is 81.7 cm³/mol. The molecule has 1 N–H and O–H groups in total. The number of benzene rings is 1. The molecule has 0 saturated heterocycles. The van der Waals surface area contributed by atoms with Gasteiger partial charge in [-0.1, -0.05) is 35.5 Å². The second-order valence-corrected chi connectivity index (χ2v) is 6.44. The standard InChI is InChI=1S/C14H15N5O3S/c1-2-19-15-9-12(17-19)10-16-23(20,21)14-8-13(18-22-14)11-6-4-3-5-7-11/h3-9,16H,2,10H2,1H3. The van der Waals surface area contributed by atoms with Gasteiger partial charge in [0.1, 0.15) is 5.69 Å². The quantitative estimate of drug-likeness (QED) is 0.732. The number of hydrogen-bond donors (Lipinski definition) is 1. The second-order valence-electron chi connectivity index (χ2n) is 4.75. The molecule has 0 spiro atoms. The van der Waals surface area contributed by atoms with Gasteiger partial charge in [-0.2, -0.15) is 15.0 Å². The summed E-state index contributed by atoms with van der Waals surface area (Å²) in [5.41, 5.74) is 1.77. The molecule has 0 aliphatic rings. The Balaban J connectivity index is 1.74. The van der Waals surface area contributed by atoms with Crippen LogP contribution in [0.1, 0.15) is 12.6 Å². The lowest BCUT2D eigenvalue weighted by Gasteiger charge is -2.00. The van der Waals surface area contributed by atoms with Crippen LogP contribution < -0.4 is 4.72 Å². The number of nitrogens with one attached hydrogen (secondary N) is 1. The molecule has 0 fully saturated rings. The van der Waals surface area contributed by atoms with Gasteiger partial charge < -0.3 is 4.52 Å². The van der Waals surface area contributed by atoms with Crippen LogP contribution in [0.3, 0.4) is 0 Å². The number of sulfonamides is 1. The summed E-state index contributed by atoms with van der Waals surface area (Å²) in [5, 5.41) is 11.7. The first-order valence-corrected chi connectivity index (χ1v) is 8.47. The first kappa shape index (κ1) is 15.4. The number of nitrogens with zero attached hydrogens (tertiary/aromatic N) is 4. The lowest BCUT2D eigenvalue weighted by Crippen LogP contribution is -2.23. The SMILES string of the molecule is CCn1ncc(CNS(=O)(=O)c2cc(-c3ccccc3)no2)n1. The summed E-state index contributed by atoms with van der Waals surface area (Å²) in [5.74, 6) is 0. The van der Waals surface area contributed by atoms with Gasteiger partial charge in [-0.3, -0.25) is 0 Å². The van der Waals surface area contributed by atoms with Crippen LogP contribution in [0, 0.1) is 0 Å². The molecule has 0 aliphatic carbocycles. The molecule has 0 aliphatic heterocycles. The van der Waals surface area contributed by atoms with E-state index in [1.54, 1.807) is 0 Å². The molecule has 23 heavy (non-hydrogen) atoms. The molecular weight excluding hydrogens is 318 g/mol. The summed E-state index contributed by atoms with van der Waals surface area (Å²) < 4.78 is 31.8. The average molecular weight is 333 g/mol. The van der Waals surface area contributed by atoms with Crippen molar-refractivity contribution in [3.63, 3.8) is 0 Å². The highest BCUT2D eigenvalue weighted by Gasteiger charge is 2.21. The molecule has 0 radical (unpaired) electrons. The van der Waals surface area contributed by atoms with Crippen molar-refractivity contribution >= 4 is 10.0 Å². The smallest absolute Gasteiger partial charge is 0.277 e. The van der Waals surface area contributed by atoms with Gasteiger partial charge in [0, 0.05) is 11.6 Å². The van der Waals surface area contributed by atoms with E-state index in [0.29, 0.717) is 17.9 Å². The van der Waals surface area contributed by atoms with Crippen LogP contribution in [0.5, 0.6) is 0 Å². The first-order chi connectivity index (χ1) is 11.1. The van der Waals surface area contributed by atoms with Crippen molar-refractivity contribution in [3.05, 3.63) is 48.3 Å². The number of aromatic nitrogens is 4. The third-order valence-electron chi connectivity index (χ3n) is 3.13. The summed E-state index contributed by atoms with van der Waals surface area (Å²) in [6.45, 7) is 2.55. The van der Waals surface area contributed by atoms with Crippen LogP contribution in [0.25, 0.3) is 11.3 Å². The third kappa shape index (κ3) is 3.46. The lowest BCUT2D eigenvalue weighted by atomic mass is 10.2. The minimum Gasteiger partial charge on any atom is -0.343 e. The maximum absolute atomic E-state index is 12.2. The zero-order valence-electron chi connectivity index (χ0n) is 12.4. The number of rotatable bonds is 6. The second kappa shape index (κ2) is 6.31. The fourth-order valence-electron chi connectivity index (χ4n) is 1.94. The summed E-state index contributed by atoms with van der Waals surface area (Å²) in [7, 11) is -3.80. The van der Waals surface area contributed by atoms with Gasteiger partial charge in [0.15, 0.2) is 0 Å². The van der Waals surface area contributed by atoms with Crippen LogP contribution in [-0.2, 0) is 23.1 Å². The molecule has 0 saturated carbocycles. The Morgan fingerprint density at radius 2 is 2.04 bits per heavy atom. The highest BCUT2D eigenvalue weighted by molar-refractivity contribution is 7.89. The maximum atomic E-state index is 12.2. The van der Waals surface area contributed by atoms with Gasteiger partial charge in [0.05, 0.1) is 25.0 Å². The molecule has 3 aromatic rings. The summed E-state index contributed by atoms with van der Waals surface area (Å²) in [4.78, 5) is 1.48. The molecular formula is C14H15N5O3S. The minimum absolute atomic E-state index is 0.0315. The molecule has 8 nitrogen and oxygen atoms in total. The fourth-order valence-corrected chi connectivity index (χ4v) is 2.82. The van der Waals surface area contributed by atoms with Crippen molar-refractivity contribution in [1.82, 2.24) is 24.9 Å². The van der Waals surface area contributed by atoms with E-state index in [-0.39, 0.29) is 11.6 Å². The number of aryl methyl sites for hydroxylation is 1. The third-order valence-corrected chi connectivity index (χ3v) is 4.38. The van der Waals surface area contributed by atoms with E-state index in [1.165, 1.54) is 17.1 Å². The molecule has 9 heteroatoms. The molecule has 1 aromatic carbocycles. The molecule has 3 rings (SSSR count). The van der Waals surface area contributed by atoms with Crippen molar-refractivity contribution in [2.45, 2.75) is 25.1 Å². The van der Waals surface area contributed by atoms with Gasteiger partial charge in [-0.05, 0) is 6.92 Å². The lowest BCUT2D eigenvalue weighted by molar-refractivity contribution is 0.339.